The van der Waals surface area contributed by atoms with Crippen molar-refractivity contribution in [1.82, 2.24) is 10.2 Å². The number of aryl methyl sites for hydroxylation is 1. The smallest absolute Gasteiger partial charge is 0.289 e. The minimum Gasteiger partial charge on any atom is -0.459 e. The number of hydrogen-bond acceptors (Lipinski definition) is 4. The lowest BCUT2D eigenvalue weighted by Gasteiger charge is -2.30. The lowest BCUT2D eigenvalue weighted by atomic mass is 9.95. The third-order valence-corrected chi connectivity index (χ3v) is 5.26. The first-order chi connectivity index (χ1) is 13.4. The largest absolute Gasteiger partial charge is 0.459 e. The molecule has 1 saturated heterocycles. The first-order valence-corrected chi connectivity index (χ1v) is 9.90. The van der Waals surface area contributed by atoms with Crippen LogP contribution in [0.25, 0.3) is 0 Å². The summed E-state index contributed by atoms with van der Waals surface area (Å²) in [5, 5.41) is 5.49. The zero-order chi connectivity index (χ0) is 20.1. The summed E-state index contributed by atoms with van der Waals surface area (Å²) in [5.41, 5.74) is 1.65. The Bertz CT molecular complexity index is 858. The number of piperidine rings is 1. The van der Waals surface area contributed by atoms with Crippen LogP contribution >= 0.6 is 15.9 Å². The van der Waals surface area contributed by atoms with Crippen molar-refractivity contribution < 1.29 is 18.8 Å². The van der Waals surface area contributed by atoms with Crippen molar-refractivity contribution in [1.29, 1.82) is 0 Å². The number of hydrogen-bond donors (Lipinski definition) is 2. The molecule has 2 N–H and O–H groups in total. The van der Waals surface area contributed by atoms with Gasteiger partial charge in [0, 0.05) is 29.2 Å². The number of likely N-dealkylation sites (tertiary alicyclic amines) is 1. The molecule has 28 heavy (non-hydrogen) atoms. The van der Waals surface area contributed by atoms with Gasteiger partial charge in [-0.1, -0.05) is 15.9 Å². The highest BCUT2D eigenvalue weighted by Crippen LogP contribution is 2.21. The Labute approximate surface area is 171 Å². The van der Waals surface area contributed by atoms with E-state index < -0.39 is 0 Å². The fourth-order valence-corrected chi connectivity index (χ4v) is 3.65. The fourth-order valence-electron chi connectivity index (χ4n) is 3.17. The molecule has 2 heterocycles. The lowest BCUT2D eigenvalue weighted by molar-refractivity contribution is -0.128. The summed E-state index contributed by atoms with van der Waals surface area (Å²) in [5.74, 6) is -0.490. The highest BCUT2D eigenvalue weighted by atomic mass is 79.9. The number of nitrogens with one attached hydrogen (secondary N) is 2. The number of halogens is 1. The molecular formula is C20H22BrN3O4. The number of benzene rings is 1. The van der Waals surface area contributed by atoms with Gasteiger partial charge in [0.1, 0.15) is 0 Å². The molecule has 0 bridgehead atoms. The average Bonchev–Trinajstić information content (AvgIpc) is 3.22. The first kappa shape index (κ1) is 20.1. The van der Waals surface area contributed by atoms with E-state index in [1.54, 1.807) is 17.0 Å². The topological polar surface area (TPSA) is 91.7 Å². The van der Waals surface area contributed by atoms with Crippen LogP contribution in [0.15, 0.2) is 45.5 Å². The molecule has 0 spiro atoms. The van der Waals surface area contributed by atoms with Gasteiger partial charge in [0.15, 0.2) is 5.76 Å². The highest BCUT2D eigenvalue weighted by Gasteiger charge is 2.28. The minimum atomic E-state index is -0.274. The van der Waals surface area contributed by atoms with E-state index in [0.29, 0.717) is 37.4 Å². The van der Waals surface area contributed by atoms with Crippen molar-refractivity contribution in [2.24, 2.45) is 5.92 Å². The maximum absolute atomic E-state index is 12.4. The second kappa shape index (κ2) is 9.05. The summed E-state index contributed by atoms with van der Waals surface area (Å²) in [7, 11) is 0. The molecule has 8 heteroatoms. The normalized spacial score (nSPS) is 14.6. The quantitative estimate of drug-likeness (QED) is 0.736. The Morgan fingerprint density at radius 2 is 1.96 bits per heavy atom. The Morgan fingerprint density at radius 1 is 1.21 bits per heavy atom. The molecular weight excluding hydrogens is 426 g/mol. The summed E-state index contributed by atoms with van der Waals surface area (Å²) in [6.07, 6.45) is 2.59. The zero-order valence-electron chi connectivity index (χ0n) is 15.5. The molecule has 0 atom stereocenters. The lowest BCUT2D eigenvalue weighted by Crippen LogP contribution is -2.44. The molecule has 1 fully saturated rings. The minimum absolute atomic E-state index is 0.0835. The predicted octanol–water partition coefficient (Wildman–Crippen LogP) is 2.96. The van der Waals surface area contributed by atoms with Crippen LogP contribution in [0.3, 0.4) is 0 Å². The van der Waals surface area contributed by atoms with E-state index in [2.05, 4.69) is 26.6 Å². The van der Waals surface area contributed by atoms with Crippen LogP contribution in [0.5, 0.6) is 0 Å². The molecule has 0 unspecified atom stereocenters. The Balaban J connectivity index is 1.43. The van der Waals surface area contributed by atoms with E-state index in [-0.39, 0.29) is 30.2 Å². The van der Waals surface area contributed by atoms with E-state index in [9.17, 15) is 14.4 Å². The van der Waals surface area contributed by atoms with Crippen LogP contribution in [0.2, 0.25) is 0 Å². The van der Waals surface area contributed by atoms with Gasteiger partial charge in [-0.2, -0.15) is 0 Å². The number of amides is 3. The highest BCUT2D eigenvalue weighted by molar-refractivity contribution is 9.10. The SMILES string of the molecule is Cc1cc(Br)ccc1NC(=O)CNC(=O)C1CCN(C(=O)c2ccco2)CC1. The summed E-state index contributed by atoms with van der Waals surface area (Å²) in [6.45, 7) is 2.79. The molecule has 3 amide bonds. The van der Waals surface area contributed by atoms with Crippen molar-refractivity contribution >= 4 is 39.3 Å². The third kappa shape index (κ3) is 5.01. The Morgan fingerprint density at radius 3 is 2.61 bits per heavy atom. The number of carbonyl (C=O) groups excluding carboxylic acids is 3. The van der Waals surface area contributed by atoms with Gasteiger partial charge in [-0.15, -0.1) is 0 Å². The van der Waals surface area contributed by atoms with Crippen molar-refractivity contribution in [3.8, 4) is 0 Å². The second-order valence-electron chi connectivity index (χ2n) is 6.77. The third-order valence-electron chi connectivity index (χ3n) is 4.77. The molecule has 1 aromatic heterocycles. The number of nitrogens with zero attached hydrogens (tertiary/aromatic N) is 1. The number of anilines is 1. The van der Waals surface area contributed by atoms with E-state index in [4.69, 9.17) is 4.42 Å². The van der Waals surface area contributed by atoms with Gasteiger partial charge >= 0.3 is 0 Å². The molecule has 1 aliphatic heterocycles. The summed E-state index contributed by atoms with van der Waals surface area (Å²) in [6, 6.07) is 8.87. The van der Waals surface area contributed by atoms with E-state index in [1.165, 1.54) is 6.26 Å². The Hall–Kier alpha value is -2.61. The molecule has 1 aromatic carbocycles. The number of rotatable bonds is 5. The maximum atomic E-state index is 12.4. The second-order valence-corrected chi connectivity index (χ2v) is 7.68. The van der Waals surface area contributed by atoms with Crippen molar-refractivity contribution in [3.63, 3.8) is 0 Å². The molecule has 0 radical (unpaired) electrons. The van der Waals surface area contributed by atoms with Crippen molar-refractivity contribution in [2.75, 3.05) is 25.0 Å². The van der Waals surface area contributed by atoms with Gasteiger partial charge in [0.2, 0.25) is 11.8 Å². The van der Waals surface area contributed by atoms with Crippen LogP contribution in [-0.2, 0) is 9.59 Å². The summed E-state index contributed by atoms with van der Waals surface area (Å²) in [4.78, 5) is 38.4. The molecule has 148 valence electrons. The molecule has 0 aliphatic carbocycles. The molecule has 0 saturated carbocycles. The molecule has 7 nitrogen and oxygen atoms in total. The molecule has 3 rings (SSSR count). The van der Waals surface area contributed by atoms with Crippen molar-refractivity contribution in [2.45, 2.75) is 19.8 Å². The maximum Gasteiger partial charge on any atom is 0.289 e. The number of furan rings is 1. The standard InChI is InChI=1S/C20H22BrN3O4/c1-13-11-15(21)4-5-16(13)23-18(25)12-22-19(26)14-6-8-24(9-7-14)20(27)17-3-2-10-28-17/h2-5,10-11,14H,6-9,12H2,1H3,(H,22,26)(H,23,25). The van der Waals surface area contributed by atoms with Crippen molar-refractivity contribution in [3.05, 3.63) is 52.4 Å². The van der Waals surface area contributed by atoms with Crippen LogP contribution in [0.1, 0.15) is 29.0 Å². The van der Waals surface area contributed by atoms with Crippen LogP contribution in [0, 0.1) is 12.8 Å². The average molecular weight is 448 g/mol. The van der Waals surface area contributed by atoms with Gasteiger partial charge in [0.05, 0.1) is 12.8 Å². The van der Waals surface area contributed by atoms with Gasteiger partial charge < -0.3 is 20.0 Å². The molecule has 1 aliphatic rings. The van der Waals surface area contributed by atoms with Gasteiger partial charge in [-0.25, -0.2) is 0 Å². The van der Waals surface area contributed by atoms with Gasteiger partial charge in [-0.05, 0) is 55.7 Å². The Kier molecular flexibility index (Phi) is 6.51. The van der Waals surface area contributed by atoms with E-state index in [0.717, 1.165) is 10.0 Å². The first-order valence-electron chi connectivity index (χ1n) is 9.10. The summed E-state index contributed by atoms with van der Waals surface area (Å²) < 4.78 is 6.07. The van der Waals surface area contributed by atoms with E-state index in [1.807, 2.05) is 25.1 Å². The van der Waals surface area contributed by atoms with Crippen LogP contribution < -0.4 is 10.6 Å². The zero-order valence-corrected chi connectivity index (χ0v) is 17.1. The van der Waals surface area contributed by atoms with Gasteiger partial charge in [0.25, 0.3) is 5.91 Å². The van der Waals surface area contributed by atoms with Crippen LogP contribution in [-0.4, -0.2) is 42.3 Å². The van der Waals surface area contributed by atoms with Crippen LogP contribution in [0.4, 0.5) is 5.69 Å². The monoisotopic (exact) mass is 447 g/mol. The number of carbonyl (C=O) groups is 3. The van der Waals surface area contributed by atoms with E-state index >= 15 is 0 Å². The molecule has 2 aromatic rings. The summed E-state index contributed by atoms with van der Waals surface area (Å²) >= 11 is 3.38. The fraction of sp³-hybridized carbons (Fsp3) is 0.350. The predicted molar refractivity (Wildman–Crippen MR) is 108 cm³/mol. The van der Waals surface area contributed by atoms with Gasteiger partial charge in [-0.3, -0.25) is 14.4 Å².